The van der Waals surface area contributed by atoms with Crippen LogP contribution in [0.2, 0.25) is 0 Å². The van der Waals surface area contributed by atoms with Crippen LogP contribution in [0.5, 0.6) is 0 Å². The first-order valence-electron chi connectivity index (χ1n) is 7.54. The van der Waals surface area contributed by atoms with Crippen molar-refractivity contribution in [2.75, 3.05) is 24.5 Å². The SMILES string of the molecule is CCNCc1ccc(N2CCCC(C)(C)C2)c(C#N)c1. The second-order valence-electron chi connectivity index (χ2n) is 6.43. The van der Waals surface area contributed by atoms with Gasteiger partial charge in [0.05, 0.1) is 11.3 Å². The van der Waals surface area contributed by atoms with Gasteiger partial charge in [0.25, 0.3) is 0 Å². The van der Waals surface area contributed by atoms with E-state index in [0.29, 0.717) is 5.41 Å². The van der Waals surface area contributed by atoms with Gasteiger partial charge in [-0.25, -0.2) is 0 Å². The Morgan fingerprint density at radius 2 is 2.20 bits per heavy atom. The van der Waals surface area contributed by atoms with Gasteiger partial charge in [-0.1, -0.05) is 26.8 Å². The van der Waals surface area contributed by atoms with Gasteiger partial charge in [-0.3, -0.25) is 0 Å². The highest BCUT2D eigenvalue weighted by atomic mass is 15.1. The monoisotopic (exact) mass is 271 g/mol. The zero-order valence-electron chi connectivity index (χ0n) is 12.9. The summed E-state index contributed by atoms with van der Waals surface area (Å²) in [5.41, 5.74) is 3.43. The number of nitriles is 1. The van der Waals surface area contributed by atoms with E-state index in [1.807, 2.05) is 6.07 Å². The highest BCUT2D eigenvalue weighted by Gasteiger charge is 2.27. The molecule has 3 nitrogen and oxygen atoms in total. The normalized spacial score (nSPS) is 17.8. The van der Waals surface area contributed by atoms with Gasteiger partial charge in [-0.05, 0) is 42.5 Å². The zero-order chi connectivity index (χ0) is 14.6. The number of hydrogen-bond donors (Lipinski definition) is 1. The maximum Gasteiger partial charge on any atom is 0.101 e. The molecule has 0 saturated carbocycles. The Morgan fingerprint density at radius 1 is 1.40 bits per heavy atom. The molecule has 0 aliphatic carbocycles. The number of anilines is 1. The van der Waals surface area contributed by atoms with Crippen molar-refractivity contribution in [3.8, 4) is 6.07 Å². The molecule has 1 aromatic rings. The van der Waals surface area contributed by atoms with Crippen LogP contribution in [-0.4, -0.2) is 19.6 Å². The lowest BCUT2D eigenvalue weighted by Crippen LogP contribution is -2.40. The van der Waals surface area contributed by atoms with E-state index in [1.54, 1.807) is 0 Å². The van der Waals surface area contributed by atoms with Crippen molar-refractivity contribution < 1.29 is 0 Å². The predicted molar refractivity (Wildman–Crippen MR) is 83.8 cm³/mol. The van der Waals surface area contributed by atoms with Gasteiger partial charge in [0.1, 0.15) is 6.07 Å². The molecule has 0 unspecified atom stereocenters. The fraction of sp³-hybridized carbons (Fsp3) is 0.588. The summed E-state index contributed by atoms with van der Waals surface area (Å²) in [6, 6.07) is 8.65. The van der Waals surface area contributed by atoms with Crippen molar-refractivity contribution in [3.63, 3.8) is 0 Å². The van der Waals surface area contributed by atoms with Crippen LogP contribution < -0.4 is 10.2 Å². The Morgan fingerprint density at radius 3 is 2.85 bits per heavy atom. The second kappa shape index (κ2) is 6.28. The van der Waals surface area contributed by atoms with Crippen molar-refractivity contribution in [1.29, 1.82) is 5.26 Å². The minimum Gasteiger partial charge on any atom is -0.370 e. The molecule has 0 bridgehead atoms. The summed E-state index contributed by atoms with van der Waals surface area (Å²) in [5, 5.41) is 12.7. The van der Waals surface area contributed by atoms with Crippen LogP contribution in [0.3, 0.4) is 0 Å². The summed E-state index contributed by atoms with van der Waals surface area (Å²) in [5.74, 6) is 0. The summed E-state index contributed by atoms with van der Waals surface area (Å²) in [6.07, 6.45) is 2.47. The fourth-order valence-corrected chi connectivity index (χ4v) is 2.96. The molecule has 20 heavy (non-hydrogen) atoms. The van der Waals surface area contributed by atoms with Crippen molar-refractivity contribution in [2.45, 2.75) is 40.2 Å². The number of piperidine rings is 1. The maximum absolute atomic E-state index is 9.43. The van der Waals surface area contributed by atoms with Crippen molar-refractivity contribution in [3.05, 3.63) is 29.3 Å². The summed E-state index contributed by atoms with van der Waals surface area (Å²) in [6.45, 7) is 10.6. The molecule has 0 spiro atoms. The van der Waals surface area contributed by atoms with Crippen LogP contribution in [0.15, 0.2) is 18.2 Å². The van der Waals surface area contributed by atoms with E-state index in [1.165, 1.54) is 18.4 Å². The van der Waals surface area contributed by atoms with Crippen LogP contribution in [0.25, 0.3) is 0 Å². The second-order valence-corrected chi connectivity index (χ2v) is 6.43. The highest BCUT2D eigenvalue weighted by Crippen LogP contribution is 2.33. The number of nitrogens with zero attached hydrogens (tertiary/aromatic N) is 2. The van der Waals surface area contributed by atoms with Gasteiger partial charge in [0.2, 0.25) is 0 Å². The number of hydrogen-bond acceptors (Lipinski definition) is 3. The minimum atomic E-state index is 0.341. The molecule has 0 radical (unpaired) electrons. The Hall–Kier alpha value is -1.53. The number of benzene rings is 1. The molecule has 1 aromatic carbocycles. The van der Waals surface area contributed by atoms with E-state index < -0.39 is 0 Å². The molecule has 1 aliphatic heterocycles. The molecule has 1 saturated heterocycles. The van der Waals surface area contributed by atoms with Gasteiger partial charge in [0, 0.05) is 19.6 Å². The Bertz CT molecular complexity index is 499. The van der Waals surface area contributed by atoms with Crippen molar-refractivity contribution in [2.24, 2.45) is 5.41 Å². The number of rotatable bonds is 4. The van der Waals surface area contributed by atoms with Crippen LogP contribution in [0.1, 0.15) is 44.7 Å². The fourth-order valence-electron chi connectivity index (χ4n) is 2.96. The first-order chi connectivity index (χ1) is 9.55. The van der Waals surface area contributed by atoms with E-state index in [0.717, 1.165) is 37.4 Å². The number of nitrogens with one attached hydrogen (secondary N) is 1. The smallest absolute Gasteiger partial charge is 0.101 e. The van der Waals surface area contributed by atoms with E-state index in [-0.39, 0.29) is 0 Å². The quantitative estimate of drug-likeness (QED) is 0.913. The molecule has 1 N–H and O–H groups in total. The van der Waals surface area contributed by atoms with E-state index in [2.05, 4.69) is 49.2 Å². The van der Waals surface area contributed by atoms with E-state index in [4.69, 9.17) is 0 Å². The van der Waals surface area contributed by atoms with Gasteiger partial charge >= 0.3 is 0 Å². The summed E-state index contributed by atoms with van der Waals surface area (Å²) >= 11 is 0. The molecule has 1 aliphatic rings. The molecule has 0 aromatic heterocycles. The molecule has 1 heterocycles. The van der Waals surface area contributed by atoms with Gasteiger partial charge < -0.3 is 10.2 Å². The summed E-state index contributed by atoms with van der Waals surface area (Å²) < 4.78 is 0. The van der Waals surface area contributed by atoms with Crippen molar-refractivity contribution in [1.82, 2.24) is 5.32 Å². The highest BCUT2D eigenvalue weighted by molar-refractivity contribution is 5.60. The molecule has 3 heteroatoms. The summed E-state index contributed by atoms with van der Waals surface area (Å²) in [7, 11) is 0. The lowest BCUT2D eigenvalue weighted by Gasteiger charge is -2.39. The average Bonchev–Trinajstić information content (AvgIpc) is 2.43. The Balaban J connectivity index is 2.21. The van der Waals surface area contributed by atoms with E-state index >= 15 is 0 Å². The molecule has 0 atom stereocenters. The molecule has 2 rings (SSSR count). The third-order valence-corrected chi connectivity index (χ3v) is 4.00. The van der Waals surface area contributed by atoms with Crippen LogP contribution in [0, 0.1) is 16.7 Å². The molecule has 108 valence electrons. The Kier molecular flexibility index (Phi) is 4.67. The summed E-state index contributed by atoms with van der Waals surface area (Å²) in [4.78, 5) is 2.37. The topological polar surface area (TPSA) is 39.1 Å². The van der Waals surface area contributed by atoms with Crippen LogP contribution in [0.4, 0.5) is 5.69 Å². The van der Waals surface area contributed by atoms with E-state index in [9.17, 15) is 5.26 Å². The average molecular weight is 271 g/mol. The first-order valence-corrected chi connectivity index (χ1v) is 7.54. The lowest BCUT2D eigenvalue weighted by atomic mass is 9.84. The minimum absolute atomic E-state index is 0.341. The molecular weight excluding hydrogens is 246 g/mol. The van der Waals surface area contributed by atoms with Gasteiger partial charge in [-0.15, -0.1) is 0 Å². The first kappa shape index (κ1) is 14.9. The third kappa shape index (κ3) is 3.52. The largest absolute Gasteiger partial charge is 0.370 e. The maximum atomic E-state index is 9.43. The predicted octanol–water partition coefficient (Wildman–Crippen LogP) is 3.29. The van der Waals surface area contributed by atoms with Crippen molar-refractivity contribution >= 4 is 5.69 Å². The Labute approximate surface area is 122 Å². The van der Waals surface area contributed by atoms with Gasteiger partial charge in [-0.2, -0.15) is 5.26 Å². The van der Waals surface area contributed by atoms with Gasteiger partial charge in [0.15, 0.2) is 0 Å². The van der Waals surface area contributed by atoms with Crippen LogP contribution in [-0.2, 0) is 6.54 Å². The third-order valence-electron chi connectivity index (χ3n) is 4.00. The standard InChI is InChI=1S/C17H25N3/c1-4-19-12-14-6-7-16(15(10-14)11-18)20-9-5-8-17(2,3)13-20/h6-7,10,19H,4-5,8-9,12-13H2,1-3H3. The van der Waals surface area contributed by atoms with Crippen LogP contribution >= 0.6 is 0 Å². The molecule has 1 fully saturated rings. The lowest BCUT2D eigenvalue weighted by molar-refractivity contribution is 0.293. The molecule has 0 amide bonds. The molecular formula is C17H25N3. The zero-order valence-corrected chi connectivity index (χ0v) is 12.9.